The summed E-state index contributed by atoms with van der Waals surface area (Å²) in [6.07, 6.45) is 9.56. The smallest absolute Gasteiger partial charge is 0.250 e. The van der Waals surface area contributed by atoms with Crippen LogP contribution < -0.4 is 10.6 Å². The summed E-state index contributed by atoms with van der Waals surface area (Å²) in [6.45, 7) is 2.78. The Kier molecular flexibility index (Phi) is 5.07. The van der Waals surface area contributed by atoms with Gasteiger partial charge in [-0.2, -0.15) is 0 Å². The molecule has 0 unspecified atom stereocenters. The minimum absolute atomic E-state index is 0.0496. The van der Waals surface area contributed by atoms with Gasteiger partial charge in [0.1, 0.15) is 17.8 Å². The van der Waals surface area contributed by atoms with Crippen molar-refractivity contribution in [3.8, 4) is 5.69 Å². The van der Waals surface area contributed by atoms with E-state index in [-0.39, 0.29) is 5.91 Å². The molecule has 4 rings (SSSR count). The summed E-state index contributed by atoms with van der Waals surface area (Å²) in [4.78, 5) is 25.0. The Balaban J connectivity index is 1.56. The number of nitrogen functional groups attached to an aromatic ring is 1. The van der Waals surface area contributed by atoms with Gasteiger partial charge in [0.2, 0.25) is 5.91 Å². The first-order valence-corrected chi connectivity index (χ1v) is 9.78. The van der Waals surface area contributed by atoms with E-state index in [1.54, 1.807) is 18.0 Å². The number of nitrogens with two attached hydrogens (primary N) is 1. The average molecular weight is 390 g/mol. The van der Waals surface area contributed by atoms with Crippen LogP contribution >= 0.6 is 0 Å². The predicted octanol–water partition coefficient (Wildman–Crippen LogP) is 2.92. The van der Waals surface area contributed by atoms with Crippen molar-refractivity contribution in [1.82, 2.24) is 19.4 Å². The summed E-state index contributed by atoms with van der Waals surface area (Å²) < 4.78 is 1.98. The van der Waals surface area contributed by atoms with Crippen LogP contribution in [0.2, 0.25) is 0 Å². The molecule has 2 aromatic heterocycles. The number of hydrogen-bond acceptors (Lipinski definition) is 5. The van der Waals surface area contributed by atoms with Crippen molar-refractivity contribution in [1.29, 1.82) is 0 Å². The number of rotatable bonds is 6. The van der Waals surface area contributed by atoms with Crippen LogP contribution in [0, 0.1) is 6.92 Å². The highest BCUT2D eigenvalue weighted by Crippen LogP contribution is 2.28. The van der Waals surface area contributed by atoms with Gasteiger partial charge in [-0.1, -0.05) is 12.1 Å². The van der Waals surface area contributed by atoms with E-state index in [9.17, 15) is 4.79 Å². The summed E-state index contributed by atoms with van der Waals surface area (Å²) in [7, 11) is 3.88. The molecule has 1 saturated carbocycles. The third-order valence-corrected chi connectivity index (χ3v) is 5.45. The normalized spacial score (nSPS) is 14.2. The molecule has 2 N–H and O–H groups in total. The number of likely N-dealkylation sites (N-methyl/N-ethyl adjacent to an activating group) is 2. The Hall–Kier alpha value is -3.19. The van der Waals surface area contributed by atoms with Crippen molar-refractivity contribution in [2.45, 2.75) is 25.8 Å². The maximum Gasteiger partial charge on any atom is 0.250 e. The summed E-state index contributed by atoms with van der Waals surface area (Å²) in [5, 5.41) is 0.852. The van der Waals surface area contributed by atoms with Gasteiger partial charge < -0.3 is 15.2 Å². The van der Waals surface area contributed by atoms with Crippen molar-refractivity contribution >= 4 is 28.4 Å². The van der Waals surface area contributed by atoms with Gasteiger partial charge in [0.15, 0.2) is 0 Å². The summed E-state index contributed by atoms with van der Waals surface area (Å²) in [5.41, 5.74) is 9.52. The van der Waals surface area contributed by atoms with Crippen LogP contribution in [0.25, 0.3) is 16.7 Å². The first-order valence-electron chi connectivity index (χ1n) is 9.78. The Morgan fingerprint density at radius 1 is 1.31 bits per heavy atom. The third-order valence-electron chi connectivity index (χ3n) is 5.45. The molecule has 2 heterocycles. The van der Waals surface area contributed by atoms with Gasteiger partial charge in [-0.05, 0) is 50.6 Å². The van der Waals surface area contributed by atoms with Gasteiger partial charge in [0.05, 0.1) is 5.39 Å². The average Bonchev–Trinajstić information content (AvgIpc) is 3.51. The molecule has 0 spiro atoms. The number of amides is 1. The van der Waals surface area contributed by atoms with Crippen LogP contribution in [0.5, 0.6) is 0 Å². The van der Waals surface area contributed by atoms with Gasteiger partial charge in [-0.15, -0.1) is 0 Å². The molecule has 3 aromatic rings. The zero-order valence-corrected chi connectivity index (χ0v) is 17.0. The number of hydrogen-bond donors (Lipinski definition) is 1. The molecule has 7 heteroatoms. The van der Waals surface area contributed by atoms with Crippen molar-refractivity contribution < 1.29 is 4.79 Å². The van der Waals surface area contributed by atoms with E-state index in [4.69, 9.17) is 5.73 Å². The third kappa shape index (κ3) is 3.86. The number of carbonyl (C=O) groups is 1. The van der Waals surface area contributed by atoms with Crippen LogP contribution in [0.4, 0.5) is 11.5 Å². The molecule has 150 valence electrons. The number of aromatic nitrogens is 3. The SMILES string of the molecule is Cc1cn(-c2cccc(N(C)C(=O)C=CCN(C)C3CC3)c2)c2ncnc(N)c12. The van der Waals surface area contributed by atoms with Crippen molar-refractivity contribution in [2.24, 2.45) is 0 Å². The minimum Gasteiger partial charge on any atom is -0.383 e. The van der Waals surface area contributed by atoms with E-state index in [0.29, 0.717) is 11.9 Å². The molecule has 7 nitrogen and oxygen atoms in total. The lowest BCUT2D eigenvalue weighted by atomic mass is 10.2. The first-order chi connectivity index (χ1) is 14.0. The summed E-state index contributed by atoms with van der Waals surface area (Å²) in [5.74, 6) is 0.419. The van der Waals surface area contributed by atoms with Crippen molar-refractivity contribution in [3.05, 3.63) is 54.5 Å². The van der Waals surface area contributed by atoms with E-state index in [1.165, 1.54) is 19.2 Å². The topological polar surface area (TPSA) is 80.3 Å². The Bertz CT molecular complexity index is 1080. The highest BCUT2D eigenvalue weighted by molar-refractivity contribution is 6.01. The van der Waals surface area contributed by atoms with Crippen LogP contribution in [0.1, 0.15) is 18.4 Å². The minimum atomic E-state index is -0.0496. The van der Waals surface area contributed by atoms with Gasteiger partial charge in [-0.3, -0.25) is 9.69 Å². The van der Waals surface area contributed by atoms with E-state index in [0.717, 1.165) is 34.5 Å². The molecule has 0 saturated heterocycles. The number of fused-ring (bicyclic) bond motifs is 1. The molecular formula is C22H26N6O. The van der Waals surface area contributed by atoms with Crippen molar-refractivity contribution in [3.63, 3.8) is 0 Å². The zero-order valence-electron chi connectivity index (χ0n) is 17.0. The standard InChI is InChI=1S/C22H26N6O/c1-15-13-28(22-20(15)21(23)24-14-25-22)18-7-4-6-17(12-18)27(3)19(29)8-5-11-26(2)16-9-10-16/h4-8,12-14,16H,9-11H2,1-3H3,(H2,23,24,25). The number of benzene rings is 1. The van der Waals surface area contributed by atoms with Gasteiger partial charge in [-0.25, -0.2) is 9.97 Å². The molecular weight excluding hydrogens is 364 g/mol. The number of anilines is 2. The molecule has 1 aliphatic rings. The Labute approximate surface area is 170 Å². The molecule has 0 bridgehead atoms. The Morgan fingerprint density at radius 3 is 2.86 bits per heavy atom. The summed E-state index contributed by atoms with van der Waals surface area (Å²) >= 11 is 0. The fourth-order valence-corrected chi connectivity index (χ4v) is 3.54. The number of carbonyl (C=O) groups excluding carboxylic acids is 1. The van der Waals surface area contributed by atoms with Crippen LogP contribution in [0.15, 0.2) is 48.9 Å². The largest absolute Gasteiger partial charge is 0.383 e. The predicted molar refractivity (Wildman–Crippen MR) is 116 cm³/mol. The molecule has 1 aliphatic carbocycles. The maximum absolute atomic E-state index is 12.6. The van der Waals surface area contributed by atoms with E-state index in [1.807, 2.05) is 48.0 Å². The second-order valence-corrected chi connectivity index (χ2v) is 7.63. The molecule has 29 heavy (non-hydrogen) atoms. The summed E-state index contributed by atoms with van der Waals surface area (Å²) in [6, 6.07) is 8.50. The number of aryl methyl sites for hydroxylation is 1. The molecule has 0 atom stereocenters. The zero-order chi connectivity index (χ0) is 20.5. The van der Waals surface area contributed by atoms with Crippen molar-refractivity contribution in [2.75, 3.05) is 31.3 Å². The molecule has 1 amide bonds. The quantitative estimate of drug-likeness (QED) is 0.655. The van der Waals surface area contributed by atoms with Gasteiger partial charge >= 0.3 is 0 Å². The van der Waals surface area contributed by atoms with E-state index < -0.39 is 0 Å². The Morgan fingerprint density at radius 2 is 2.10 bits per heavy atom. The lowest BCUT2D eigenvalue weighted by Gasteiger charge is -2.17. The molecule has 0 aliphatic heterocycles. The lowest BCUT2D eigenvalue weighted by Crippen LogP contribution is -2.25. The number of nitrogens with zero attached hydrogens (tertiary/aromatic N) is 5. The van der Waals surface area contributed by atoms with Gasteiger partial charge in [0, 0.05) is 43.3 Å². The second kappa shape index (κ2) is 7.67. The maximum atomic E-state index is 12.6. The fourth-order valence-electron chi connectivity index (χ4n) is 3.54. The first kappa shape index (κ1) is 19.1. The second-order valence-electron chi connectivity index (χ2n) is 7.63. The van der Waals surface area contributed by atoms with E-state index in [2.05, 4.69) is 21.9 Å². The van der Waals surface area contributed by atoms with E-state index >= 15 is 0 Å². The molecule has 1 aromatic carbocycles. The van der Waals surface area contributed by atoms with Crippen LogP contribution in [0.3, 0.4) is 0 Å². The monoisotopic (exact) mass is 390 g/mol. The van der Waals surface area contributed by atoms with Gasteiger partial charge in [0.25, 0.3) is 0 Å². The highest BCUT2D eigenvalue weighted by atomic mass is 16.2. The molecule has 0 radical (unpaired) electrons. The highest BCUT2D eigenvalue weighted by Gasteiger charge is 2.25. The van der Waals surface area contributed by atoms with Crippen LogP contribution in [-0.4, -0.2) is 52.0 Å². The molecule has 1 fully saturated rings. The lowest BCUT2D eigenvalue weighted by molar-refractivity contribution is -0.113. The van der Waals surface area contributed by atoms with Crippen LogP contribution in [-0.2, 0) is 4.79 Å². The fraction of sp³-hybridized carbons (Fsp3) is 0.318.